The van der Waals surface area contributed by atoms with Gasteiger partial charge in [-0.25, -0.2) is 0 Å². The number of amides is 1. The van der Waals surface area contributed by atoms with Crippen LogP contribution in [0.2, 0.25) is 0 Å². The van der Waals surface area contributed by atoms with Gasteiger partial charge in [0.15, 0.2) is 0 Å². The maximum absolute atomic E-state index is 13.0. The summed E-state index contributed by atoms with van der Waals surface area (Å²) >= 11 is 0. The highest BCUT2D eigenvalue weighted by Crippen LogP contribution is 2.25. The minimum absolute atomic E-state index is 0.0884. The number of H-pyrrole nitrogens is 1. The number of rotatable bonds is 6. The second kappa shape index (κ2) is 8.48. The molecule has 0 spiro atoms. The van der Waals surface area contributed by atoms with Crippen molar-refractivity contribution in [3.63, 3.8) is 0 Å². The minimum atomic E-state index is -0.411. The van der Waals surface area contributed by atoms with E-state index in [2.05, 4.69) is 25.4 Å². The number of carbonyl (C=O) groups is 1. The molecule has 0 unspecified atom stereocenters. The molecule has 9 nitrogen and oxygen atoms in total. The molecule has 0 aliphatic heterocycles. The maximum atomic E-state index is 13.0. The molecule has 0 saturated heterocycles. The molecule has 0 fully saturated rings. The van der Waals surface area contributed by atoms with Crippen molar-refractivity contribution in [1.82, 2.24) is 30.0 Å². The third-order valence-electron chi connectivity index (χ3n) is 4.66. The van der Waals surface area contributed by atoms with Gasteiger partial charge in [0, 0.05) is 36.6 Å². The van der Waals surface area contributed by atoms with E-state index in [1.54, 1.807) is 24.9 Å². The number of aromatic nitrogens is 5. The van der Waals surface area contributed by atoms with Crippen LogP contribution >= 0.6 is 0 Å². The molecular formula is C21H26N6O3. The van der Waals surface area contributed by atoms with E-state index in [1.807, 2.05) is 39.8 Å². The van der Waals surface area contributed by atoms with Gasteiger partial charge in [-0.05, 0) is 52.3 Å². The van der Waals surface area contributed by atoms with Gasteiger partial charge in [0.05, 0.1) is 17.5 Å². The summed E-state index contributed by atoms with van der Waals surface area (Å²) in [5.74, 6) is -0.411. The third kappa shape index (κ3) is 4.40. The van der Waals surface area contributed by atoms with Crippen LogP contribution in [-0.4, -0.2) is 36.7 Å². The SMILES string of the molecule is Cc1cc(C)c(CNC(=O)c2nc(OC(C)C)nc(-c3ccnn3C)c2C)c(=O)[nH]1. The topological polar surface area (TPSA) is 115 Å². The van der Waals surface area contributed by atoms with E-state index in [-0.39, 0.29) is 29.9 Å². The number of nitrogens with zero attached hydrogens (tertiary/aromatic N) is 4. The van der Waals surface area contributed by atoms with E-state index in [1.165, 1.54) is 0 Å². The van der Waals surface area contributed by atoms with Gasteiger partial charge in [-0.3, -0.25) is 14.3 Å². The van der Waals surface area contributed by atoms with Gasteiger partial charge in [-0.2, -0.15) is 15.1 Å². The van der Waals surface area contributed by atoms with Crippen molar-refractivity contribution in [3.8, 4) is 17.4 Å². The van der Waals surface area contributed by atoms with Crippen molar-refractivity contribution in [1.29, 1.82) is 0 Å². The lowest BCUT2D eigenvalue weighted by molar-refractivity contribution is 0.0942. The molecule has 3 rings (SSSR count). The molecule has 1 amide bonds. The average molecular weight is 410 g/mol. The number of nitrogens with one attached hydrogen (secondary N) is 2. The zero-order valence-corrected chi connectivity index (χ0v) is 18.0. The van der Waals surface area contributed by atoms with Crippen LogP contribution in [0.15, 0.2) is 23.1 Å². The van der Waals surface area contributed by atoms with Gasteiger partial charge >= 0.3 is 6.01 Å². The Morgan fingerprint density at radius 2 is 2.00 bits per heavy atom. The summed E-state index contributed by atoms with van der Waals surface area (Å²) in [5.41, 5.74) is 3.97. The van der Waals surface area contributed by atoms with E-state index in [4.69, 9.17) is 4.74 Å². The molecule has 0 aliphatic rings. The van der Waals surface area contributed by atoms with E-state index in [9.17, 15) is 9.59 Å². The predicted molar refractivity (Wildman–Crippen MR) is 112 cm³/mol. The Bertz CT molecular complexity index is 1150. The molecule has 0 aliphatic carbocycles. The first-order chi connectivity index (χ1) is 14.2. The lowest BCUT2D eigenvalue weighted by Crippen LogP contribution is -2.29. The summed E-state index contributed by atoms with van der Waals surface area (Å²) in [6.07, 6.45) is 1.50. The van der Waals surface area contributed by atoms with Crippen LogP contribution in [0.25, 0.3) is 11.4 Å². The zero-order valence-electron chi connectivity index (χ0n) is 18.0. The quantitative estimate of drug-likeness (QED) is 0.644. The number of ether oxygens (including phenoxy) is 1. The number of pyridine rings is 1. The van der Waals surface area contributed by atoms with Gasteiger partial charge in [-0.1, -0.05) is 0 Å². The van der Waals surface area contributed by atoms with Gasteiger partial charge in [0.2, 0.25) is 0 Å². The summed E-state index contributed by atoms with van der Waals surface area (Å²) in [4.78, 5) is 36.8. The molecule has 0 atom stereocenters. The predicted octanol–water partition coefficient (Wildman–Crippen LogP) is 2.21. The maximum Gasteiger partial charge on any atom is 0.318 e. The molecule has 3 heterocycles. The van der Waals surface area contributed by atoms with Crippen molar-refractivity contribution in [2.75, 3.05) is 0 Å². The summed E-state index contributed by atoms with van der Waals surface area (Å²) in [6.45, 7) is 9.25. The monoisotopic (exact) mass is 410 g/mol. The smallest absolute Gasteiger partial charge is 0.318 e. The molecule has 0 saturated carbocycles. The number of hydrogen-bond donors (Lipinski definition) is 2. The molecule has 3 aromatic rings. The van der Waals surface area contributed by atoms with Gasteiger partial charge in [-0.15, -0.1) is 0 Å². The number of aryl methyl sites for hydroxylation is 3. The molecular weight excluding hydrogens is 384 g/mol. The summed E-state index contributed by atoms with van der Waals surface area (Å²) < 4.78 is 7.34. The molecule has 2 N–H and O–H groups in total. The highest BCUT2D eigenvalue weighted by atomic mass is 16.5. The van der Waals surface area contributed by atoms with E-state index in [0.717, 1.165) is 17.0 Å². The second-order valence-electron chi connectivity index (χ2n) is 7.46. The van der Waals surface area contributed by atoms with Crippen LogP contribution in [0.3, 0.4) is 0 Å². The Morgan fingerprint density at radius 1 is 1.27 bits per heavy atom. The highest BCUT2D eigenvalue weighted by Gasteiger charge is 2.21. The summed E-state index contributed by atoms with van der Waals surface area (Å²) in [6, 6.07) is 3.79. The van der Waals surface area contributed by atoms with Crippen LogP contribution in [-0.2, 0) is 13.6 Å². The highest BCUT2D eigenvalue weighted by molar-refractivity contribution is 5.95. The van der Waals surface area contributed by atoms with E-state index >= 15 is 0 Å². The molecule has 30 heavy (non-hydrogen) atoms. The Labute approximate surface area is 174 Å². The Balaban J connectivity index is 1.97. The largest absolute Gasteiger partial charge is 0.461 e. The Hall–Kier alpha value is -3.49. The molecule has 0 aromatic carbocycles. The van der Waals surface area contributed by atoms with Crippen LogP contribution < -0.4 is 15.6 Å². The standard InChI is InChI=1S/C21H26N6O3/c1-11(2)30-21-25-17(16-7-8-23-27(16)6)14(5)18(26-21)20(29)22-10-15-12(3)9-13(4)24-19(15)28/h7-9,11H,10H2,1-6H3,(H,22,29)(H,24,28). The second-order valence-corrected chi connectivity index (χ2v) is 7.46. The van der Waals surface area contributed by atoms with Gasteiger partial charge in [0.25, 0.3) is 11.5 Å². The van der Waals surface area contributed by atoms with Crippen molar-refractivity contribution >= 4 is 5.91 Å². The molecule has 158 valence electrons. The first-order valence-electron chi connectivity index (χ1n) is 9.68. The number of carbonyl (C=O) groups excluding carboxylic acids is 1. The minimum Gasteiger partial charge on any atom is -0.461 e. The normalized spacial score (nSPS) is 11.0. The summed E-state index contributed by atoms with van der Waals surface area (Å²) in [5, 5.41) is 6.98. The van der Waals surface area contributed by atoms with Crippen LogP contribution in [0.4, 0.5) is 0 Å². The average Bonchev–Trinajstić information content (AvgIpc) is 3.07. The van der Waals surface area contributed by atoms with E-state index < -0.39 is 5.91 Å². The van der Waals surface area contributed by atoms with Crippen LogP contribution in [0.1, 0.15) is 46.7 Å². The fourth-order valence-electron chi connectivity index (χ4n) is 3.19. The fourth-order valence-corrected chi connectivity index (χ4v) is 3.19. The van der Waals surface area contributed by atoms with Crippen molar-refractivity contribution in [2.45, 2.75) is 47.3 Å². The van der Waals surface area contributed by atoms with Crippen molar-refractivity contribution in [3.05, 3.63) is 56.8 Å². The molecule has 3 aromatic heterocycles. The summed E-state index contributed by atoms with van der Waals surface area (Å²) in [7, 11) is 1.80. The molecule has 0 bridgehead atoms. The lowest BCUT2D eigenvalue weighted by Gasteiger charge is -2.15. The first-order valence-corrected chi connectivity index (χ1v) is 9.68. The Kier molecular flexibility index (Phi) is 6.00. The Morgan fingerprint density at radius 3 is 2.60 bits per heavy atom. The van der Waals surface area contributed by atoms with Crippen molar-refractivity contribution in [2.24, 2.45) is 7.05 Å². The number of hydrogen-bond acceptors (Lipinski definition) is 6. The van der Waals surface area contributed by atoms with Crippen LogP contribution in [0.5, 0.6) is 6.01 Å². The van der Waals surface area contributed by atoms with Crippen LogP contribution in [0, 0.1) is 20.8 Å². The van der Waals surface area contributed by atoms with E-state index in [0.29, 0.717) is 16.8 Å². The molecule has 0 radical (unpaired) electrons. The zero-order chi connectivity index (χ0) is 22.0. The lowest BCUT2D eigenvalue weighted by atomic mass is 10.1. The molecule has 9 heteroatoms. The first kappa shape index (κ1) is 21.2. The number of aromatic amines is 1. The third-order valence-corrected chi connectivity index (χ3v) is 4.66. The fraction of sp³-hybridized carbons (Fsp3) is 0.381. The van der Waals surface area contributed by atoms with Gasteiger partial charge < -0.3 is 15.0 Å². The van der Waals surface area contributed by atoms with Crippen molar-refractivity contribution < 1.29 is 9.53 Å². The van der Waals surface area contributed by atoms with Gasteiger partial charge in [0.1, 0.15) is 5.69 Å².